The van der Waals surface area contributed by atoms with E-state index in [0.717, 1.165) is 0 Å². The third-order valence-corrected chi connectivity index (χ3v) is 6.15. The van der Waals surface area contributed by atoms with Crippen molar-refractivity contribution in [3.05, 3.63) is 28.2 Å². The lowest BCUT2D eigenvalue weighted by Crippen LogP contribution is -2.28. The number of aromatic carboxylic acids is 1. The van der Waals surface area contributed by atoms with Gasteiger partial charge < -0.3 is 5.11 Å². The standard InChI is InChI=1S/C11H14BrNO5S2/c1-2-19(16)6-5-13-20(17,18)10-4-3-8(11(14)15)7-9(10)12/h3-4,7,13H,2,5-6H2,1H3,(H,14,15). The van der Waals surface area contributed by atoms with E-state index >= 15 is 0 Å². The summed E-state index contributed by atoms with van der Waals surface area (Å²) in [5, 5.41) is 8.81. The molecule has 0 amide bonds. The molecule has 0 saturated heterocycles. The highest BCUT2D eigenvalue weighted by Gasteiger charge is 2.18. The van der Waals surface area contributed by atoms with Crippen molar-refractivity contribution in [1.29, 1.82) is 0 Å². The van der Waals surface area contributed by atoms with Gasteiger partial charge in [-0.25, -0.2) is 17.9 Å². The zero-order valence-corrected chi connectivity index (χ0v) is 13.8. The molecule has 2 N–H and O–H groups in total. The summed E-state index contributed by atoms with van der Waals surface area (Å²) < 4.78 is 37.8. The van der Waals surface area contributed by atoms with Gasteiger partial charge in [0.25, 0.3) is 0 Å². The minimum absolute atomic E-state index is 0.0112. The summed E-state index contributed by atoms with van der Waals surface area (Å²) in [6.07, 6.45) is 0. The monoisotopic (exact) mass is 383 g/mol. The zero-order valence-electron chi connectivity index (χ0n) is 10.6. The van der Waals surface area contributed by atoms with Gasteiger partial charge in [0.2, 0.25) is 10.0 Å². The quantitative estimate of drug-likeness (QED) is 0.736. The lowest BCUT2D eigenvalue weighted by atomic mass is 10.2. The van der Waals surface area contributed by atoms with E-state index < -0.39 is 26.8 Å². The first-order chi connectivity index (χ1) is 9.27. The molecular weight excluding hydrogens is 370 g/mol. The molecular formula is C11H14BrNO5S2. The van der Waals surface area contributed by atoms with E-state index in [9.17, 15) is 17.4 Å². The SMILES string of the molecule is CCS(=O)CCNS(=O)(=O)c1ccc(C(=O)O)cc1Br. The molecule has 0 fully saturated rings. The summed E-state index contributed by atoms with van der Waals surface area (Å²) in [5.74, 6) is -0.430. The normalized spacial score (nSPS) is 13.1. The third kappa shape index (κ3) is 4.65. The van der Waals surface area contributed by atoms with Crippen molar-refractivity contribution >= 4 is 42.7 Å². The Hall–Kier alpha value is -0.770. The van der Waals surface area contributed by atoms with Crippen molar-refractivity contribution in [3.63, 3.8) is 0 Å². The van der Waals surface area contributed by atoms with Crippen LogP contribution in [0.15, 0.2) is 27.6 Å². The Morgan fingerprint density at radius 2 is 2.10 bits per heavy atom. The Balaban J connectivity index is 2.87. The molecule has 1 atom stereocenters. The number of nitrogens with one attached hydrogen (secondary N) is 1. The van der Waals surface area contributed by atoms with Crippen molar-refractivity contribution < 1.29 is 22.5 Å². The largest absolute Gasteiger partial charge is 0.478 e. The second-order valence-corrected chi connectivity index (χ2v) is 8.24. The molecule has 0 radical (unpaired) electrons. The van der Waals surface area contributed by atoms with Crippen LogP contribution in [-0.4, -0.2) is 41.8 Å². The fourth-order valence-electron chi connectivity index (χ4n) is 1.36. The van der Waals surface area contributed by atoms with Crippen LogP contribution in [0.2, 0.25) is 0 Å². The summed E-state index contributed by atoms with van der Waals surface area (Å²) in [7, 11) is -4.81. The lowest BCUT2D eigenvalue weighted by molar-refractivity contribution is 0.0696. The topological polar surface area (TPSA) is 101 Å². The second kappa shape index (κ2) is 7.30. The molecule has 0 heterocycles. The Morgan fingerprint density at radius 1 is 1.45 bits per heavy atom. The highest BCUT2D eigenvalue weighted by atomic mass is 79.9. The van der Waals surface area contributed by atoms with Crippen LogP contribution in [0.5, 0.6) is 0 Å². The molecule has 1 aromatic rings. The molecule has 0 aliphatic carbocycles. The zero-order chi connectivity index (χ0) is 15.3. The Labute approximate surface area is 128 Å². The fraction of sp³-hybridized carbons (Fsp3) is 0.364. The summed E-state index contributed by atoms with van der Waals surface area (Å²) >= 11 is 3.04. The van der Waals surface area contributed by atoms with Crippen LogP contribution < -0.4 is 4.72 Å². The molecule has 0 aliphatic heterocycles. The molecule has 0 aliphatic rings. The molecule has 6 nitrogen and oxygen atoms in total. The number of carboxylic acid groups (broad SMARTS) is 1. The molecule has 0 aromatic heterocycles. The highest BCUT2D eigenvalue weighted by molar-refractivity contribution is 9.10. The van der Waals surface area contributed by atoms with Crippen molar-refractivity contribution in [2.75, 3.05) is 18.1 Å². The molecule has 1 aromatic carbocycles. The van der Waals surface area contributed by atoms with E-state index in [0.29, 0.717) is 5.75 Å². The van der Waals surface area contributed by atoms with E-state index in [1.54, 1.807) is 6.92 Å². The summed E-state index contributed by atoms with van der Waals surface area (Å²) in [4.78, 5) is 10.7. The van der Waals surface area contributed by atoms with Crippen molar-refractivity contribution in [2.24, 2.45) is 0 Å². The number of carboxylic acids is 1. The van der Waals surface area contributed by atoms with Gasteiger partial charge in [-0.3, -0.25) is 4.21 Å². The minimum atomic E-state index is -3.76. The number of hydrogen-bond donors (Lipinski definition) is 2. The van der Waals surface area contributed by atoms with Crippen LogP contribution in [0.4, 0.5) is 0 Å². The van der Waals surface area contributed by atoms with E-state index in [-0.39, 0.29) is 27.2 Å². The van der Waals surface area contributed by atoms with Crippen molar-refractivity contribution in [1.82, 2.24) is 4.72 Å². The number of hydrogen-bond acceptors (Lipinski definition) is 4. The molecule has 0 bridgehead atoms. The third-order valence-electron chi connectivity index (χ3n) is 2.41. The minimum Gasteiger partial charge on any atom is -0.478 e. The van der Waals surface area contributed by atoms with Gasteiger partial charge in [-0.15, -0.1) is 0 Å². The number of rotatable bonds is 7. The molecule has 20 heavy (non-hydrogen) atoms. The summed E-state index contributed by atoms with van der Waals surface area (Å²) in [6.45, 7) is 1.82. The molecule has 9 heteroatoms. The molecule has 112 valence electrons. The van der Waals surface area contributed by atoms with Gasteiger partial charge in [-0.1, -0.05) is 6.92 Å². The van der Waals surface area contributed by atoms with Gasteiger partial charge in [0.15, 0.2) is 0 Å². The van der Waals surface area contributed by atoms with Crippen LogP contribution in [0.3, 0.4) is 0 Å². The highest BCUT2D eigenvalue weighted by Crippen LogP contribution is 2.23. The average Bonchev–Trinajstić information content (AvgIpc) is 2.37. The number of sulfonamides is 1. The molecule has 1 unspecified atom stereocenters. The van der Waals surface area contributed by atoms with Gasteiger partial charge in [0.1, 0.15) is 0 Å². The maximum Gasteiger partial charge on any atom is 0.335 e. The van der Waals surface area contributed by atoms with E-state index in [1.165, 1.54) is 18.2 Å². The van der Waals surface area contributed by atoms with Crippen LogP contribution in [0.1, 0.15) is 17.3 Å². The molecule has 1 rings (SSSR count). The lowest BCUT2D eigenvalue weighted by Gasteiger charge is -2.08. The van der Waals surface area contributed by atoms with E-state index in [2.05, 4.69) is 20.7 Å². The first kappa shape index (κ1) is 17.3. The Bertz CT molecular complexity index is 630. The summed E-state index contributed by atoms with van der Waals surface area (Å²) in [6, 6.07) is 3.65. The smallest absolute Gasteiger partial charge is 0.335 e. The number of halogens is 1. The fourth-order valence-corrected chi connectivity index (χ4v) is 4.22. The molecule has 0 spiro atoms. The van der Waals surface area contributed by atoms with Crippen LogP contribution in [0, 0.1) is 0 Å². The second-order valence-electron chi connectivity index (χ2n) is 3.78. The van der Waals surface area contributed by atoms with Gasteiger partial charge in [0, 0.05) is 33.3 Å². The maximum atomic E-state index is 12.0. The van der Waals surface area contributed by atoms with Crippen molar-refractivity contribution in [3.8, 4) is 0 Å². The van der Waals surface area contributed by atoms with Gasteiger partial charge in [-0.2, -0.15) is 0 Å². The maximum absolute atomic E-state index is 12.0. The first-order valence-electron chi connectivity index (χ1n) is 5.65. The van der Waals surface area contributed by atoms with Gasteiger partial charge >= 0.3 is 5.97 Å². The van der Waals surface area contributed by atoms with Crippen LogP contribution in [0.25, 0.3) is 0 Å². The predicted octanol–water partition coefficient (Wildman–Crippen LogP) is 1.19. The first-order valence-corrected chi connectivity index (χ1v) is 9.42. The number of benzene rings is 1. The predicted molar refractivity (Wildman–Crippen MR) is 79.8 cm³/mol. The summed E-state index contributed by atoms with van der Waals surface area (Å²) in [5.41, 5.74) is -0.0112. The Kier molecular flexibility index (Phi) is 6.31. The van der Waals surface area contributed by atoms with Gasteiger partial charge in [0.05, 0.1) is 10.5 Å². The van der Waals surface area contributed by atoms with E-state index in [1.807, 2.05) is 0 Å². The van der Waals surface area contributed by atoms with Crippen LogP contribution >= 0.6 is 15.9 Å². The molecule has 0 saturated carbocycles. The van der Waals surface area contributed by atoms with E-state index in [4.69, 9.17) is 5.11 Å². The van der Waals surface area contributed by atoms with Crippen molar-refractivity contribution in [2.45, 2.75) is 11.8 Å². The average molecular weight is 384 g/mol. The van der Waals surface area contributed by atoms with Gasteiger partial charge in [-0.05, 0) is 34.1 Å². The Morgan fingerprint density at radius 3 is 2.60 bits per heavy atom. The number of carbonyl (C=O) groups is 1. The van der Waals surface area contributed by atoms with Crippen LogP contribution in [-0.2, 0) is 20.8 Å².